The molecule has 198 valence electrons. The van der Waals surface area contributed by atoms with Crippen LogP contribution in [0.1, 0.15) is 47.2 Å². The Morgan fingerprint density at radius 3 is 2.71 bits per heavy atom. The van der Waals surface area contributed by atoms with Crippen LogP contribution in [0, 0.1) is 0 Å². The summed E-state index contributed by atoms with van der Waals surface area (Å²) in [4.78, 5) is 40.1. The molecule has 1 saturated heterocycles. The minimum absolute atomic E-state index is 0.0607. The summed E-state index contributed by atoms with van der Waals surface area (Å²) in [6.07, 6.45) is 6.06. The van der Waals surface area contributed by atoms with Gasteiger partial charge < -0.3 is 20.3 Å². The van der Waals surface area contributed by atoms with Crippen molar-refractivity contribution in [3.8, 4) is 11.1 Å². The van der Waals surface area contributed by atoms with Crippen molar-refractivity contribution >= 4 is 17.7 Å². The van der Waals surface area contributed by atoms with Gasteiger partial charge in [0.2, 0.25) is 11.8 Å². The highest BCUT2D eigenvalue weighted by atomic mass is 16.5. The number of amides is 3. The van der Waals surface area contributed by atoms with E-state index in [1.165, 1.54) is 0 Å². The average Bonchev–Trinajstić information content (AvgIpc) is 3.60. The highest BCUT2D eigenvalue weighted by Gasteiger charge is 2.36. The van der Waals surface area contributed by atoms with Crippen LogP contribution >= 0.6 is 0 Å². The van der Waals surface area contributed by atoms with Crippen LogP contribution in [0.3, 0.4) is 0 Å². The van der Waals surface area contributed by atoms with Gasteiger partial charge in [-0.2, -0.15) is 5.10 Å². The number of carbonyl (C=O) groups excluding carboxylic acids is 3. The number of aryl methyl sites for hydroxylation is 1. The third-order valence-corrected chi connectivity index (χ3v) is 7.09. The van der Waals surface area contributed by atoms with Gasteiger partial charge in [-0.3, -0.25) is 19.5 Å². The maximum Gasteiger partial charge on any atom is 0.251 e. The predicted octanol–water partition coefficient (Wildman–Crippen LogP) is 2.84. The van der Waals surface area contributed by atoms with Crippen LogP contribution in [0.25, 0.3) is 11.1 Å². The molecule has 0 unspecified atom stereocenters. The summed E-state index contributed by atoms with van der Waals surface area (Å²) in [6.45, 7) is 1.61. The number of benzene rings is 2. The maximum atomic E-state index is 13.0. The topological polar surface area (TPSA) is 116 Å². The van der Waals surface area contributed by atoms with Crippen LogP contribution in [0.4, 0.5) is 0 Å². The molecule has 1 aromatic heterocycles. The van der Waals surface area contributed by atoms with Gasteiger partial charge >= 0.3 is 0 Å². The summed E-state index contributed by atoms with van der Waals surface area (Å²) in [5, 5.41) is 12.7. The Labute approximate surface area is 221 Å². The standard InChI is InChI=1S/C29H33N5O4/c35-27-10-4-12-30-29(37)24-9-3-8-23(14-24)22-7-1-5-20(13-22)19-38-26-18-34(17-25(26)33-27)28(36)11-2-6-21-15-31-32-16-21/h1,3,5,7-9,13-16,25-26H,2,4,6,10-12,17-19H2,(H,30,37)(H,31,32)(H,33,35)/t25-,26-/m0/s1. The van der Waals surface area contributed by atoms with Crippen LogP contribution < -0.4 is 10.6 Å². The second-order valence-corrected chi connectivity index (χ2v) is 9.92. The van der Waals surface area contributed by atoms with Crippen molar-refractivity contribution < 1.29 is 19.1 Å². The fraction of sp³-hybridized carbons (Fsp3) is 0.379. The van der Waals surface area contributed by atoms with Crippen molar-refractivity contribution in [1.82, 2.24) is 25.7 Å². The molecular formula is C29H33N5O4. The van der Waals surface area contributed by atoms with Gasteiger partial charge in [0.25, 0.3) is 5.91 Å². The fourth-order valence-electron chi connectivity index (χ4n) is 5.02. The first-order valence-electron chi connectivity index (χ1n) is 13.2. The van der Waals surface area contributed by atoms with E-state index in [0.717, 1.165) is 35.1 Å². The van der Waals surface area contributed by atoms with Crippen molar-refractivity contribution in [2.75, 3.05) is 19.6 Å². The Morgan fingerprint density at radius 2 is 1.87 bits per heavy atom. The summed E-state index contributed by atoms with van der Waals surface area (Å²) in [6, 6.07) is 15.3. The number of carbonyl (C=O) groups is 3. The largest absolute Gasteiger partial charge is 0.369 e. The maximum absolute atomic E-state index is 13.0. The van der Waals surface area contributed by atoms with E-state index >= 15 is 0 Å². The first-order chi connectivity index (χ1) is 18.5. The van der Waals surface area contributed by atoms with E-state index in [1.54, 1.807) is 17.2 Å². The summed E-state index contributed by atoms with van der Waals surface area (Å²) < 4.78 is 6.31. The van der Waals surface area contributed by atoms with Gasteiger partial charge in [-0.25, -0.2) is 0 Å². The molecule has 2 aliphatic heterocycles. The van der Waals surface area contributed by atoms with Crippen molar-refractivity contribution in [3.05, 3.63) is 77.6 Å². The zero-order valence-electron chi connectivity index (χ0n) is 21.3. The summed E-state index contributed by atoms with van der Waals surface area (Å²) in [5.74, 6) is -0.208. The molecule has 3 heterocycles. The van der Waals surface area contributed by atoms with E-state index in [-0.39, 0.29) is 36.3 Å². The van der Waals surface area contributed by atoms with E-state index in [0.29, 0.717) is 44.6 Å². The van der Waals surface area contributed by atoms with Crippen LogP contribution in [0.5, 0.6) is 0 Å². The highest BCUT2D eigenvalue weighted by molar-refractivity contribution is 5.95. The Morgan fingerprint density at radius 1 is 1.05 bits per heavy atom. The van der Waals surface area contributed by atoms with Crippen LogP contribution in [0.15, 0.2) is 60.9 Å². The van der Waals surface area contributed by atoms with Gasteiger partial charge in [-0.05, 0) is 59.7 Å². The molecule has 3 N–H and O–H groups in total. The Balaban J connectivity index is 1.29. The monoisotopic (exact) mass is 515 g/mol. The lowest BCUT2D eigenvalue weighted by atomic mass is 10.0. The number of nitrogens with zero attached hydrogens (tertiary/aromatic N) is 2. The minimum Gasteiger partial charge on any atom is -0.369 e. The van der Waals surface area contributed by atoms with Gasteiger partial charge in [-0.1, -0.05) is 30.3 Å². The molecule has 1 fully saturated rings. The van der Waals surface area contributed by atoms with E-state index in [1.807, 2.05) is 42.6 Å². The summed E-state index contributed by atoms with van der Waals surface area (Å²) in [5.41, 5.74) is 4.59. The molecule has 2 atom stereocenters. The molecule has 5 rings (SSSR count). The van der Waals surface area contributed by atoms with Gasteiger partial charge in [-0.15, -0.1) is 0 Å². The Bertz CT molecular complexity index is 1280. The number of aromatic nitrogens is 2. The number of hydrogen-bond donors (Lipinski definition) is 3. The van der Waals surface area contributed by atoms with Crippen LogP contribution in [-0.4, -0.2) is 64.6 Å². The minimum atomic E-state index is -0.306. The lowest BCUT2D eigenvalue weighted by Gasteiger charge is -2.20. The van der Waals surface area contributed by atoms with E-state index < -0.39 is 0 Å². The number of aromatic amines is 1. The highest BCUT2D eigenvalue weighted by Crippen LogP contribution is 2.24. The van der Waals surface area contributed by atoms with Crippen molar-refractivity contribution in [2.45, 2.75) is 50.9 Å². The molecule has 0 spiro atoms. The molecule has 2 aromatic carbocycles. The number of fused-ring (bicyclic) bond motifs is 6. The van der Waals surface area contributed by atoms with Crippen molar-refractivity contribution in [1.29, 1.82) is 0 Å². The van der Waals surface area contributed by atoms with E-state index in [2.05, 4.69) is 26.9 Å². The SMILES string of the molecule is O=C1CCCNC(=O)c2cccc(c2)-c2cccc(c2)CO[C@H]2CN(C(=O)CCCc3cn[nH]c3)C[C@@H]2N1. The third-order valence-electron chi connectivity index (χ3n) is 7.09. The van der Waals surface area contributed by atoms with Crippen LogP contribution in [0.2, 0.25) is 0 Å². The molecule has 9 heteroatoms. The molecule has 3 amide bonds. The number of likely N-dealkylation sites (tertiary alicyclic amines) is 1. The Kier molecular flexibility index (Phi) is 8.13. The zero-order valence-corrected chi connectivity index (χ0v) is 21.3. The number of ether oxygens (including phenoxy) is 1. The van der Waals surface area contributed by atoms with Crippen molar-refractivity contribution in [2.24, 2.45) is 0 Å². The van der Waals surface area contributed by atoms with Crippen molar-refractivity contribution in [3.63, 3.8) is 0 Å². The Hall–Kier alpha value is -3.98. The molecule has 9 nitrogen and oxygen atoms in total. The smallest absolute Gasteiger partial charge is 0.251 e. The molecule has 38 heavy (non-hydrogen) atoms. The second-order valence-electron chi connectivity index (χ2n) is 9.92. The predicted molar refractivity (Wildman–Crippen MR) is 142 cm³/mol. The van der Waals surface area contributed by atoms with Gasteiger partial charge in [0.15, 0.2) is 0 Å². The van der Waals surface area contributed by atoms with E-state index in [9.17, 15) is 14.4 Å². The first kappa shape index (κ1) is 25.7. The van der Waals surface area contributed by atoms with E-state index in [4.69, 9.17) is 4.74 Å². The first-order valence-corrected chi connectivity index (χ1v) is 13.2. The fourth-order valence-corrected chi connectivity index (χ4v) is 5.02. The molecule has 0 aliphatic carbocycles. The lowest BCUT2D eigenvalue weighted by molar-refractivity contribution is -0.131. The van der Waals surface area contributed by atoms with Gasteiger partial charge in [0.05, 0.1) is 24.9 Å². The normalized spacial score (nSPS) is 20.3. The lowest BCUT2D eigenvalue weighted by Crippen LogP contribution is -2.44. The zero-order chi connectivity index (χ0) is 26.3. The molecule has 4 bridgehead atoms. The second kappa shape index (κ2) is 12.0. The van der Waals surface area contributed by atoms with Gasteiger partial charge in [0, 0.05) is 44.2 Å². The number of hydrogen-bond acceptors (Lipinski definition) is 5. The number of nitrogens with one attached hydrogen (secondary N) is 3. The molecule has 2 aliphatic rings. The quantitative estimate of drug-likeness (QED) is 0.494. The molecule has 3 aromatic rings. The molecule has 0 saturated carbocycles. The summed E-state index contributed by atoms with van der Waals surface area (Å²) >= 11 is 0. The third kappa shape index (κ3) is 6.47. The molecular weight excluding hydrogens is 482 g/mol. The number of H-pyrrole nitrogens is 1. The average molecular weight is 516 g/mol. The summed E-state index contributed by atoms with van der Waals surface area (Å²) in [7, 11) is 0. The van der Waals surface area contributed by atoms with Gasteiger partial charge in [0.1, 0.15) is 0 Å². The number of rotatable bonds is 4. The molecule has 0 radical (unpaired) electrons. The van der Waals surface area contributed by atoms with Crippen LogP contribution in [-0.2, 0) is 27.4 Å².